The number of methoxy groups -OCH3 is 1. The highest BCUT2D eigenvalue weighted by molar-refractivity contribution is 5.60. The monoisotopic (exact) mass is 299 g/mol. The van der Waals surface area contributed by atoms with E-state index in [0.717, 1.165) is 0 Å². The van der Waals surface area contributed by atoms with Gasteiger partial charge in [0.05, 0.1) is 10.5 Å². The molecule has 0 bridgehead atoms. The van der Waals surface area contributed by atoms with Crippen molar-refractivity contribution in [3.8, 4) is 0 Å². The summed E-state index contributed by atoms with van der Waals surface area (Å²) in [6.07, 6.45) is 0.396. The quantitative estimate of drug-likeness (QED) is 0.478. The van der Waals surface area contributed by atoms with Crippen molar-refractivity contribution in [2.45, 2.75) is 25.9 Å². The minimum Gasteiger partial charge on any atom is -0.388 e. The van der Waals surface area contributed by atoms with Crippen molar-refractivity contribution in [2.24, 2.45) is 0 Å². The van der Waals surface area contributed by atoms with Crippen molar-refractivity contribution >= 4 is 17.5 Å². The third-order valence-corrected chi connectivity index (χ3v) is 2.95. The molecule has 1 heterocycles. The van der Waals surface area contributed by atoms with Gasteiger partial charge in [-0.2, -0.15) is 4.98 Å². The fraction of sp³-hybridized carbons (Fsp3) is 0.667. The number of aliphatic hydroxyl groups is 1. The highest BCUT2D eigenvalue weighted by Gasteiger charge is 2.25. The minimum atomic E-state index is -1.07. The number of ether oxygens (including phenoxy) is 1. The molecule has 1 unspecified atom stereocenters. The Morgan fingerprint density at radius 3 is 2.67 bits per heavy atom. The zero-order valence-electron chi connectivity index (χ0n) is 12.6. The van der Waals surface area contributed by atoms with Crippen LogP contribution in [0.25, 0.3) is 0 Å². The maximum atomic E-state index is 11.1. The summed E-state index contributed by atoms with van der Waals surface area (Å²) >= 11 is 0. The van der Waals surface area contributed by atoms with E-state index in [1.807, 2.05) is 0 Å². The third-order valence-electron chi connectivity index (χ3n) is 2.95. The summed E-state index contributed by atoms with van der Waals surface area (Å²) in [5.74, 6) is 0.353. The molecule has 3 N–H and O–H groups in total. The van der Waals surface area contributed by atoms with Crippen LogP contribution in [0.3, 0.4) is 0 Å². The fourth-order valence-corrected chi connectivity index (χ4v) is 1.71. The van der Waals surface area contributed by atoms with E-state index in [1.165, 1.54) is 6.92 Å². The highest BCUT2D eigenvalue weighted by Crippen LogP contribution is 2.27. The molecule has 0 amide bonds. The molecule has 21 heavy (non-hydrogen) atoms. The molecule has 1 rings (SSSR count). The van der Waals surface area contributed by atoms with Gasteiger partial charge >= 0.3 is 5.69 Å². The molecule has 0 fully saturated rings. The van der Waals surface area contributed by atoms with E-state index in [4.69, 9.17) is 4.74 Å². The maximum absolute atomic E-state index is 11.1. The summed E-state index contributed by atoms with van der Waals surface area (Å²) in [6, 6.07) is 0. The number of hydrogen-bond acceptors (Lipinski definition) is 8. The van der Waals surface area contributed by atoms with Gasteiger partial charge in [-0.3, -0.25) is 10.1 Å². The van der Waals surface area contributed by atoms with Crippen molar-refractivity contribution in [3.05, 3.63) is 15.8 Å². The van der Waals surface area contributed by atoms with Crippen LogP contribution in [-0.4, -0.2) is 52.9 Å². The van der Waals surface area contributed by atoms with Gasteiger partial charge in [-0.15, -0.1) is 0 Å². The lowest BCUT2D eigenvalue weighted by Gasteiger charge is -2.23. The second-order valence-electron chi connectivity index (χ2n) is 4.93. The van der Waals surface area contributed by atoms with E-state index in [-0.39, 0.29) is 29.7 Å². The van der Waals surface area contributed by atoms with E-state index in [9.17, 15) is 15.2 Å². The van der Waals surface area contributed by atoms with Crippen LogP contribution in [0.4, 0.5) is 17.5 Å². The van der Waals surface area contributed by atoms with Gasteiger partial charge in [0, 0.05) is 33.7 Å². The standard InChI is InChI=1S/C12H21N5O4/c1-8-9(17(19)20)10(16-11(13-3)15-8)14-7-12(2,18)5-6-21-4/h18H,5-7H2,1-4H3,(H2,13,14,15,16). The first kappa shape index (κ1) is 17.1. The summed E-state index contributed by atoms with van der Waals surface area (Å²) in [7, 11) is 3.17. The predicted molar refractivity (Wildman–Crippen MR) is 78.6 cm³/mol. The van der Waals surface area contributed by atoms with Gasteiger partial charge in [0.1, 0.15) is 5.69 Å². The first-order valence-electron chi connectivity index (χ1n) is 6.46. The Labute approximate surface area is 122 Å². The van der Waals surface area contributed by atoms with Crippen molar-refractivity contribution in [2.75, 3.05) is 37.9 Å². The molecule has 1 aromatic rings. The number of rotatable bonds is 8. The maximum Gasteiger partial charge on any atom is 0.332 e. The van der Waals surface area contributed by atoms with Crippen LogP contribution >= 0.6 is 0 Å². The number of hydrogen-bond donors (Lipinski definition) is 3. The molecular weight excluding hydrogens is 278 g/mol. The van der Waals surface area contributed by atoms with Crippen LogP contribution in [0.5, 0.6) is 0 Å². The molecule has 1 atom stereocenters. The normalized spacial score (nSPS) is 13.6. The number of nitrogens with zero attached hydrogens (tertiary/aromatic N) is 3. The molecular formula is C12H21N5O4. The number of nitrogens with one attached hydrogen (secondary N) is 2. The second-order valence-corrected chi connectivity index (χ2v) is 4.93. The summed E-state index contributed by atoms with van der Waals surface area (Å²) in [4.78, 5) is 18.6. The summed E-state index contributed by atoms with van der Waals surface area (Å²) in [5, 5.41) is 26.8. The number of aromatic nitrogens is 2. The molecule has 9 nitrogen and oxygen atoms in total. The lowest BCUT2D eigenvalue weighted by atomic mass is 10.0. The third kappa shape index (κ3) is 4.80. The highest BCUT2D eigenvalue weighted by atomic mass is 16.6. The van der Waals surface area contributed by atoms with Gasteiger partial charge < -0.3 is 20.5 Å². The van der Waals surface area contributed by atoms with E-state index in [1.54, 1.807) is 21.1 Å². The van der Waals surface area contributed by atoms with Gasteiger partial charge in [-0.05, 0) is 13.8 Å². The molecule has 0 aliphatic rings. The first-order chi connectivity index (χ1) is 9.80. The van der Waals surface area contributed by atoms with Gasteiger partial charge in [0.2, 0.25) is 11.8 Å². The largest absolute Gasteiger partial charge is 0.388 e. The minimum absolute atomic E-state index is 0.0783. The Balaban J connectivity index is 2.96. The van der Waals surface area contributed by atoms with Crippen LogP contribution in [0, 0.1) is 17.0 Å². The molecule has 0 aliphatic carbocycles. The number of anilines is 2. The lowest BCUT2D eigenvalue weighted by Crippen LogP contribution is -2.35. The van der Waals surface area contributed by atoms with Crippen LogP contribution in [0.15, 0.2) is 0 Å². The van der Waals surface area contributed by atoms with Crippen molar-refractivity contribution in [1.82, 2.24) is 9.97 Å². The van der Waals surface area contributed by atoms with E-state index in [2.05, 4.69) is 20.6 Å². The molecule has 118 valence electrons. The summed E-state index contributed by atoms with van der Waals surface area (Å²) < 4.78 is 4.92. The van der Waals surface area contributed by atoms with E-state index >= 15 is 0 Å². The van der Waals surface area contributed by atoms with Gasteiger partial charge in [-0.25, -0.2) is 4.98 Å². The lowest BCUT2D eigenvalue weighted by molar-refractivity contribution is -0.385. The van der Waals surface area contributed by atoms with Gasteiger partial charge in [0.25, 0.3) is 0 Å². The van der Waals surface area contributed by atoms with Crippen LogP contribution in [-0.2, 0) is 4.74 Å². The molecule has 0 aliphatic heterocycles. The average Bonchev–Trinajstić information content (AvgIpc) is 2.42. The Kier molecular flexibility index (Phi) is 5.79. The molecule has 9 heteroatoms. The number of aryl methyl sites for hydroxylation is 1. The van der Waals surface area contributed by atoms with Crippen molar-refractivity contribution < 1.29 is 14.8 Å². The van der Waals surface area contributed by atoms with Crippen LogP contribution in [0.2, 0.25) is 0 Å². The average molecular weight is 299 g/mol. The van der Waals surface area contributed by atoms with Crippen molar-refractivity contribution in [1.29, 1.82) is 0 Å². The SMILES string of the molecule is CNc1nc(C)c([N+](=O)[O-])c(NCC(C)(O)CCOC)n1. The Hall–Kier alpha value is -2.00. The topological polar surface area (TPSA) is 122 Å². The molecule has 1 aromatic heterocycles. The molecule has 0 spiro atoms. The zero-order valence-corrected chi connectivity index (χ0v) is 12.6. The van der Waals surface area contributed by atoms with Crippen LogP contribution < -0.4 is 10.6 Å². The van der Waals surface area contributed by atoms with Crippen molar-refractivity contribution in [3.63, 3.8) is 0 Å². The van der Waals surface area contributed by atoms with E-state index < -0.39 is 10.5 Å². The summed E-state index contributed by atoms with van der Waals surface area (Å²) in [6.45, 7) is 3.66. The number of nitro groups is 1. The van der Waals surface area contributed by atoms with Crippen LogP contribution in [0.1, 0.15) is 19.0 Å². The fourth-order valence-electron chi connectivity index (χ4n) is 1.71. The molecule has 0 aromatic carbocycles. The van der Waals surface area contributed by atoms with E-state index in [0.29, 0.717) is 13.0 Å². The molecule has 0 saturated heterocycles. The van der Waals surface area contributed by atoms with Gasteiger partial charge in [-0.1, -0.05) is 0 Å². The van der Waals surface area contributed by atoms with Gasteiger partial charge in [0.15, 0.2) is 0 Å². The molecule has 0 radical (unpaired) electrons. The molecule has 0 saturated carbocycles. The Morgan fingerprint density at radius 2 is 2.14 bits per heavy atom. The first-order valence-corrected chi connectivity index (χ1v) is 6.46. The predicted octanol–water partition coefficient (Wildman–Crippen LogP) is 0.934. The smallest absolute Gasteiger partial charge is 0.332 e. The second kappa shape index (κ2) is 7.14. The zero-order chi connectivity index (χ0) is 16.0. The Bertz CT molecular complexity index is 507. The Morgan fingerprint density at radius 1 is 1.48 bits per heavy atom. The summed E-state index contributed by atoms with van der Waals surface area (Å²) in [5.41, 5.74) is -1.02.